The number of halogens is 3. The third kappa shape index (κ3) is 10.1. The Kier molecular flexibility index (Phi) is 14.6. The van der Waals surface area contributed by atoms with E-state index in [9.17, 15) is 4.39 Å². The van der Waals surface area contributed by atoms with E-state index in [1.54, 1.807) is 37.4 Å². The Morgan fingerprint density at radius 1 is 0.984 bits per heavy atom. The number of likely N-dealkylation sites (N-methyl/N-ethyl adjacent to an activating group) is 1. The van der Waals surface area contributed by atoms with Crippen molar-refractivity contribution in [3.05, 3.63) is 77.9 Å². The first-order chi connectivity index (χ1) is 30.1. The molecule has 10 rings (SSSR count). The molecule has 2 saturated carbocycles. The van der Waals surface area contributed by atoms with Gasteiger partial charge in [-0.1, -0.05) is 43.1 Å². The predicted octanol–water partition coefficient (Wildman–Crippen LogP) is 7.32. The summed E-state index contributed by atoms with van der Waals surface area (Å²) in [6.45, 7) is 9.40. The van der Waals surface area contributed by atoms with E-state index in [4.69, 9.17) is 51.9 Å². The van der Waals surface area contributed by atoms with E-state index in [2.05, 4.69) is 38.8 Å². The Hall–Kier alpha value is -2.14. The average Bonchev–Trinajstić information content (AvgIpc) is 3.69. The number of fused-ring (bicyclic) bond motifs is 7. The van der Waals surface area contributed by atoms with Crippen molar-refractivity contribution in [2.75, 3.05) is 66.6 Å². The average molecular weight is 914 g/mol. The predicted molar refractivity (Wildman–Crippen MR) is 242 cm³/mol. The molecule has 2 N–H and O–H groups in total. The van der Waals surface area contributed by atoms with E-state index in [1.807, 2.05) is 42.5 Å². The molecule has 6 heterocycles. The van der Waals surface area contributed by atoms with Gasteiger partial charge in [-0.2, -0.15) is 0 Å². The molecular formula is C47H63Cl2FN6O5S. The number of aromatic nitrogens is 2. The summed E-state index contributed by atoms with van der Waals surface area (Å²) in [5.74, 6) is 1.59. The summed E-state index contributed by atoms with van der Waals surface area (Å²) in [6.07, 6.45) is 6.12. The third-order valence-corrected chi connectivity index (χ3v) is 16.5. The molecule has 2 aliphatic carbocycles. The zero-order valence-corrected chi connectivity index (χ0v) is 38.5. The Balaban J connectivity index is 0.984. The molecule has 0 radical (unpaired) electrons. The summed E-state index contributed by atoms with van der Waals surface area (Å²) in [4.78, 5) is 14.3. The number of rotatable bonds is 8. The summed E-state index contributed by atoms with van der Waals surface area (Å²) in [7, 11) is 3.85. The number of nitrogens with one attached hydrogen (secondary N) is 2. The maximum absolute atomic E-state index is 14.3. The molecular weight excluding hydrogens is 851 g/mol. The van der Waals surface area contributed by atoms with E-state index in [0.717, 1.165) is 100 Å². The van der Waals surface area contributed by atoms with Crippen molar-refractivity contribution in [1.82, 2.24) is 29.8 Å². The molecule has 7 aliphatic rings. The topological polar surface area (TPSA) is 102 Å². The van der Waals surface area contributed by atoms with Gasteiger partial charge in [-0.15, -0.1) is 23.2 Å². The number of benzene rings is 2. The van der Waals surface area contributed by atoms with Crippen LogP contribution in [0.5, 0.6) is 5.75 Å². The molecule has 0 amide bonds. The molecule has 10 unspecified atom stereocenters. The van der Waals surface area contributed by atoms with Crippen LogP contribution in [0, 0.1) is 29.0 Å². The summed E-state index contributed by atoms with van der Waals surface area (Å²) in [6, 6.07) is 16.7. The first-order valence-corrected chi connectivity index (χ1v) is 24.4. The third-order valence-electron chi connectivity index (χ3n) is 14.6. The molecule has 0 spiro atoms. The second kappa shape index (κ2) is 20.2. The number of alkyl halides is 2. The van der Waals surface area contributed by atoms with E-state index in [-0.39, 0.29) is 81.7 Å². The number of methoxy groups -OCH3 is 1. The van der Waals surface area contributed by atoms with Crippen molar-refractivity contribution < 1.29 is 28.1 Å². The first kappa shape index (κ1) is 45.0. The standard InChI is InChI=1S/C47H63Cl2FN6O5S/c1-47-23-36(48)44(37(49)24-47)61-34(26-56-19-17-55(2)18-20-56)28-59-33-12-13-38(60-27-32-14-16-51-45(53-32)35-6-4-5-7-39(35)57-3)30(22-33)15-21-58-46-41-40(62-54-46)25-52-43(42(41)47)29-8-10-31(50)11-9-29/h4-11,14,16,30,33-34,36-38,40-44,46,52,54H,12-13,15,17-28H2,1-3H3/t30?,33?,34-,36?,37?,38?,40?,41?,42?,43?,44?,46?,47?/m1/s1. The Morgan fingerprint density at radius 2 is 1.77 bits per heavy atom. The van der Waals surface area contributed by atoms with Gasteiger partial charge in [-0.05, 0) is 98.7 Å². The molecule has 7 fully saturated rings. The zero-order chi connectivity index (χ0) is 42.8. The smallest absolute Gasteiger partial charge is 0.163 e. The molecule has 1 aromatic heterocycles. The first-order valence-electron chi connectivity index (χ1n) is 22.7. The number of para-hydroxylation sites is 1. The summed E-state index contributed by atoms with van der Waals surface area (Å²) in [5, 5.41) is 3.59. The lowest BCUT2D eigenvalue weighted by atomic mass is 9.57. The van der Waals surface area contributed by atoms with Gasteiger partial charge in [0, 0.05) is 69.3 Å². The van der Waals surface area contributed by atoms with Crippen molar-refractivity contribution in [1.29, 1.82) is 0 Å². The van der Waals surface area contributed by atoms with Gasteiger partial charge >= 0.3 is 0 Å². The lowest BCUT2D eigenvalue weighted by Gasteiger charge is -2.55. The highest BCUT2D eigenvalue weighted by Gasteiger charge is 2.58. The van der Waals surface area contributed by atoms with Gasteiger partial charge in [0.25, 0.3) is 0 Å². The molecule has 5 aliphatic heterocycles. The number of piperidine rings is 1. The minimum Gasteiger partial charge on any atom is -0.496 e. The van der Waals surface area contributed by atoms with Gasteiger partial charge < -0.3 is 33.9 Å². The molecule has 4 bridgehead atoms. The van der Waals surface area contributed by atoms with Crippen molar-refractivity contribution in [3.8, 4) is 17.1 Å². The van der Waals surface area contributed by atoms with Gasteiger partial charge in [0.1, 0.15) is 17.8 Å². The van der Waals surface area contributed by atoms with E-state index < -0.39 is 0 Å². The van der Waals surface area contributed by atoms with Gasteiger partial charge in [0.15, 0.2) is 5.82 Å². The van der Waals surface area contributed by atoms with Crippen molar-refractivity contribution >= 4 is 35.1 Å². The maximum Gasteiger partial charge on any atom is 0.163 e. The number of piperazine rings is 1. The lowest BCUT2D eigenvalue weighted by Crippen LogP contribution is -2.59. The van der Waals surface area contributed by atoms with Crippen molar-refractivity contribution in [3.63, 3.8) is 0 Å². The number of ether oxygens (including phenoxy) is 5. The fourth-order valence-electron chi connectivity index (χ4n) is 11.3. The number of nitrogens with zero attached hydrogens (tertiary/aromatic N) is 4. The highest BCUT2D eigenvalue weighted by molar-refractivity contribution is 7.98. The van der Waals surface area contributed by atoms with Crippen LogP contribution in [0.4, 0.5) is 4.39 Å². The van der Waals surface area contributed by atoms with Crippen LogP contribution in [0.25, 0.3) is 11.4 Å². The van der Waals surface area contributed by atoms with Gasteiger partial charge in [0.2, 0.25) is 0 Å². The number of hydrogen-bond acceptors (Lipinski definition) is 12. The van der Waals surface area contributed by atoms with E-state index in [1.165, 1.54) is 0 Å². The second-order valence-corrected chi connectivity index (χ2v) is 21.0. The molecule has 338 valence electrons. The molecule has 15 heteroatoms. The van der Waals surface area contributed by atoms with Crippen LogP contribution in [0.3, 0.4) is 0 Å². The summed E-state index contributed by atoms with van der Waals surface area (Å²) >= 11 is 16.8. The summed E-state index contributed by atoms with van der Waals surface area (Å²) in [5.41, 5.74) is 2.49. The Labute approximate surface area is 380 Å². The Bertz CT molecular complexity index is 1920. The molecule has 11 atom stereocenters. The van der Waals surface area contributed by atoms with Crippen LogP contribution in [-0.2, 0) is 25.6 Å². The molecule has 2 aromatic carbocycles. The van der Waals surface area contributed by atoms with Crippen LogP contribution < -0.4 is 14.8 Å². The van der Waals surface area contributed by atoms with Crippen LogP contribution in [0.2, 0.25) is 0 Å². The highest BCUT2D eigenvalue weighted by Crippen LogP contribution is 2.58. The second-order valence-electron chi connectivity index (χ2n) is 18.8. The van der Waals surface area contributed by atoms with Gasteiger partial charge in [0.05, 0.1) is 66.8 Å². The number of hydrogen-bond donors (Lipinski definition) is 2. The molecule has 3 aromatic rings. The largest absolute Gasteiger partial charge is 0.496 e. The van der Waals surface area contributed by atoms with E-state index >= 15 is 0 Å². The lowest BCUT2D eigenvalue weighted by molar-refractivity contribution is -0.123. The van der Waals surface area contributed by atoms with Crippen molar-refractivity contribution in [2.45, 2.75) is 105 Å². The van der Waals surface area contributed by atoms with Crippen LogP contribution in [-0.4, -0.2) is 133 Å². The van der Waals surface area contributed by atoms with Crippen molar-refractivity contribution in [2.24, 2.45) is 23.2 Å². The van der Waals surface area contributed by atoms with E-state index in [0.29, 0.717) is 25.6 Å². The van der Waals surface area contributed by atoms with Crippen LogP contribution >= 0.6 is 35.1 Å². The van der Waals surface area contributed by atoms with Crippen LogP contribution in [0.1, 0.15) is 62.7 Å². The quantitative estimate of drug-likeness (QED) is 0.175. The molecule has 62 heavy (non-hydrogen) atoms. The van der Waals surface area contributed by atoms with Crippen LogP contribution in [0.15, 0.2) is 60.8 Å². The minimum atomic E-state index is -0.329. The SMILES string of the molecule is COc1ccccc1-c1nccc(COC2CCC3CC2CCOC2NSC4CNC(c5ccc(F)cc5)C(C24)C2(C)CC(Cl)C(O[C@H](CN4CCN(C)CC4)CO3)C(Cl)C2)n1. The normalized spacial score (nSPS) is 37.4. The maximum atomic E-state index is 14.3. The zero-order valence-electron chi connectivity index (χ0n) is 36.2. The monoisotopic (exact) mass is 912 g/mol. The Morgan fingerprint density at radius 3 is 2.56 bits per heavy atom. The molecule has 5 saturated heterocycles. The highest BCUT2D eigenvalue weighted by atomic mass is 35.5. The fourth-order valence-corrected chi connectivity index (χ4v) is 13.8. The summed E-state index contributed by atoms with van der Waals surface area (Å²) < 4.78 is 51.4. The fraction of sp³-hybridized carbons (Fsp3) is 0.660. The minimum absolute atomic E-state index is 0.0134. The molecule has 11 nitrogen and oxygen atoms in total. The van der Waals surface area contributed by atoms with Gasteiger partial charge in [-0.25, -0.2) is 19.1 Å². The van der Waals surface area contributed by atoms with Gasteiger partial charge in [-0.3, -0.25) is 4.90 Å².